The molecule has 3 atom stereocenters. The molecule has 19 heavy (non-hydrogen) atoms. The molecule has 0 radical (unpaired) electrons. The van der Waals surface area contributed by atoms with Crippen LogP contribution in [0.25, 0.3) is 0 Å². The first-order valence-electron chi connectivity index (χ1n) is 5.89. The Bertz CT molecular complexity index is 419. The summed E-state index contributed by atoms with van der Waals surface area (Å²) in [5.41, 5.74) is 1.11. The quantitative estimate of drug-likeness (QED) is 0.622. The van der Waals surface area contributed by atoms with Gasteiger partial charge in [0.05, 0.1) is 6.10 Å². The lowest BCUT2D eigenvalue weighted by molar-refractivity contribution is -0.141. The molecule has 0 aliphatic heterocycles. The van der Waals surface area contributed by atoms with Gasteiger partial charge in [-0.25, -0.2) is 9.59 Å². The maximum atomic E-state index is 11.6. The first-order chi connectivity index (χ1) is 8.90. The first kappa shape index (κ1) is 15.5. The van der Waals surface area contributed by atoms with E-state index < -0.39 is 24.1 Å². The van der Waals surface area contributed by atoms with Crippen LogP contribution in [-0.4, -0.2) is 40.4 Å². The molecular formula is C12H18N2O4S. The number of amides is 2. The van der Waals surface area contributed by atoms with Crippen LogP contribution in [0.1, 0.15) is 19.4 Å². The van der Waals surface area contributed by atoms with Crippen molar-refractivity contribution in [3.63, 3.8) is 0 Å². The van der Waals surface area contributed by atoms with E-state index in [4.69, 9.17) is 5.11 Å². The highest BCUT2D eigenvalue weighted by Crippen LogP contribution is 2.08. The molecule has 6 nitrogen and oxygen atoms in total. The van der Waals surface area contributed by atoms with Gasteiger partial charge in [0, 0.05) is 6.04 Å². The Balaban J connectivity index is 2.43. The van der Waals surface area contributed by atoms with E-state index in [0.29, 0.717) is 6.42 Å². The van der Waals surface area contributed by atoms with Crippen molar-refractivity contribution in [3.05, 3.63) is 22.4 Å². The molecule has 1 aromatic rings. The van der Waals surface area contributed by atoms with Gasteiger partial charge in [0.25, 0.3) is 0 Å². The van der Waals surface area contributed by atoms with Crippen molar-refractivity contribution < 1.29 is 19.8 Å². The second-order valence-electron chi connectivity index (χ2n) is 4.41. The van der Waals surface area contributed by atoms with Crippen molar-refractivity contribution in [2.75, 3.05) is 0 Å². The number of rotatable bonds is 6. The molecule has 0 saturated heterocycles. The van der Waals surface area contributed by atoms with Gasteiger partial charge in [-0.3, -0.25) is 0 Å². The number of thiophene rings is 1. The van der Waals surface area contributed by atoms with E-state index >= 15 is 0 Å². The predicted molar refractivity (Wildman–Crippen MR) is 72.3 cm³/mol. The number of hydrogen-bond acceptors (Lipinski definition) is 4. The fourth-order valence-electron chi connectivity index (χ4n) is 1.61. The van der Waals surface area contributed by atoms with Crippen LogP contribution in [0.4, 0.5) is 4.79 Å². The van der Waals surface area contributed by atoms with Gasteiger partial charge >= 0.3 is 12.0 Å². The SMILES string of the molecule is CC(Cc1ccsc1)NC(=O)N[C@H](C(=O)O)[C@@H](C)O. The number of carboxylic acids is 1. The highest BCUT2D eigenvalue weighted by atomic mass is 32.1. The van der Waals surface area contributed by atoms with Crippen LogP contribution in [0.15, 0.2) is 16.8 Å². The zero-order valence-corrected chi connectivity index (χ0v) is 11.6. The van der Waals surface area contributed by atoms with Gasteiger partial charge < -0.3 is 20.8 Å². The Hall–Kier alpha value is -1.60. The minimum absolute atomic E-state index is 0.127. The minimum Gasteiger partial charge on any atom is -0.480 e. The molecule has 1 unspecified atom stereocenters. The highest BCUT2D eigenvalue weighted by Gasteiger charge is 2.25. The zero-order chi connectivity index (χ0) is 14.4. The molecule has 0 aliphatic carbocycles. The Kier molecular flexibility index (Phi) is 5.78. The largest absolute Gasteiger partial charge is 0.480 e. The van der Waals surface area contributed by atoms with E-state index in [0.717, 1.165) is 5.56 Å². The monoisotopic (exact) mass is 286 g/mol. The lowest BCUT2D eigenvalue weighted by atomic mass is 10.1. The first-order valence-corrected chi connectivity index (χ1v) is 6.83. The summed E-state index contributed by atoms with van der Waals surface area (Å²) in [6.07, 6.45) is -0.487. The molecule has 0 fully saturated rings. The third-order valence-electron chi connectivity index (χ3n) is 2.53. The second-order valence-corrected chi connectivity index (χ2v) is 5.19. The number of hydrogen-bond donors (Lipinski definition) is 4. The van der Waals surface area contributed by atoms with Crippen molar-refractivity contribution >= 4 is 23.3 Å². The fraction of sp³-hybridized carbons (Fsp3) is 0.500. The Morgan fingerprint density at radius 1 is 1.37 bits per heavy atom. The molecule has 0 saturated carbocycles. The Morgan fingerprint density at radius 2 is 2.05 bits per heavy atom. The van der Waals surface area contributed by atoms with Crippen LogP contribution in [0, 0.1) is 0 Å². The number of carbonyl (C=O) groups is 2. The summed E-state index contributed by atoms with van der Waals surface area (Å²) in [6, 6.07) is -0.0706. The van der Waals surface area contributed by atoms with E-state index in [1.807, 2.05) is 23.8 Å². The van der Waals surface area contributed by atoms with E-state index in [9.17, 15) is 14.7 Å². The van der Waals surface area contributed by atoms with Crippen molar-refractivity contribution in [2.24, 2.45) is 0 Å². The number of carbonyl (C=O) groups excluding carboxylic acids is 1. The van der Waals surface area contributed by atoms with E-state index in [1.54, 1.807) is 11.3 Å². The van der Waals surface area contributed by atoms with Crippen molar-refractivity contribution in [3.8, 4) is 0 Å². The molecule has 0 bridgehead atoms. The van der Waals surface area contributed by atoms with Crippen molar-refractivity contribution in [2.45, 2.75) is 38.5 Å². The molecule has 4 N–H and O–H groups in total. The van der Waals surface area contributed by atoms with E-state index in [1.165, 1.54) is 6.92 Å². The number of urea groups is 1. The molecule has 1 rings (SSSR count). The summed E-state index contributed by atoms with van der Waals surface area (Å²) in [7, 11) is 0. The Morgan fingerprint density at radius 3 is 2.53 bits per heavy atom. The summed E-state index contributed by atoms with van der Waals surface area (Å²) in [6.45, 7) is 3.14. The summed E-state index contributed by atoms with van der Waals surface area (Å²) in [4.78, 5) is 22.4. The van der Waals surface area contributed by atoms with Crippen LogP contribution in [0.5, 0.6) is 0 Å². The minimum atomic E-state index is -1.31. The normalized spacial score (nSPS) is 15.3. The molecule has 0 spiro atoms. The van der Waals surface area contributed by atoms with Crippen LogP contribution in [-0.2, 0) is 11.2 Å². The average Bonchev–Trinajstić information content (AvgIpc) is 2.77. The third-order valence-corrected chi connectivity index (χ3v) is 3.27. The van der Waals surface area contributed by atoms with Gasteiger partial charge in [-0.05, 0) is 42.7 Å². The third kappa shape index (κ3) is 5.27. The molecule has 7 heteroatoms. The Labute approximate surface area is 115 Å². The van der Waals surface area contributed by atoms with E-state index in [2.05, 4.69) is 10.6 Å². The van der Waals surface area contributed by atoms with Gasteiger partial charge in [-0.2, -0.15) is 11.3 Å². The molecule has 2 amide bonds. The molecule has 0 aliphatic rings. The van der Waals surface area contributed by atoms with E-state index in [-0.39, 0.29) is 6.04 Å². The lowest BCUT2D eigenvalue weighted by Crippen LogP contribution is -2.52. The van der Waals surface area contributed by atoms with Crippen LogP contribution < -0.4 is 10.6 Å². The molecule has 1 heterocycles. The molecule has 1 aromatic heterocycles. The smallest absolute Gasteiger partial charge is 0.328 e. The summed E-state index contributed by atoms with van der Waals surface area (Å²) in [5, 5.41) is 26.9. The number of carboxylic acid groups (broad SMARTS) is 1. The van der Waals surface area contributed by atoms with Gasteiger partial charge in [-0.15, -0.1) is 0 Å². The number of nitrogens with one attached hydrogen (secondary N) is 2. The van der Waals surface area contributed by atoms with Gasteiger partial charge in [0.15, 0.2) is 6.04 Å². The number of aliphatic hydroxyl groups excluding tert-OH is 1. The maximum absolute atomic E-state index is 11.6. The fourth-order valence-corrected chi connectivity index (χ4v) is 2.29. The second kappa shape index (κ2) is 7.10. The van der Waals surface area contributed by atoms with Gasteiger partial charge in [0.2, 0.25) is 0 Å². The van der Waals surface area contributed by atoms with Gasteiger partial charge in [0.1, 0.15) is 0 Å². The summed E-state index contributed by atoms with van der Waals surface area (Å²) in [5.74, 6) is -1.27. The maximum Gasteiger partial charge on any atom is 0.328 e. The summed E-state index contributed by atoms with van der Waals surface area (Å²) < 4.78 is 0. The highest BCUT2D eigenvalue weighted by molar-refractivity contribution is 7.07. The molecule has 106 valence electrons. The van der Waals surface area contributed by atoms with Gasteiger partial charge in [-0.1, -0.05) is 0 Å². The average molecular weight is 286 g/mol. The van der Waals surface area contributed by atoms with Crippen LogP contribution in [0.2, 0.25) is 0 Å². The number of aliphatic carboxylic acids is 1. The standard InChI is InChI=1S/C12H18N2O4S/c1-7(5-9-3-4-19-6-9)13-12(18)14-10(8(2)15)11(16)17/h3-4,6-8,10,15H,5H2,1-2H3,(H,16,17)(H2,13,14,18)/t7?,8-,10+/m1/s1. The van der Waals surface area contributed by atoms with Crippen molar-refractivity contribution in [1.29, 1.82) is 0 Å². The molecule has 0 aromatic carbocycles. The number of aliphatic hydroxyl groups is 1. The van der Waals surface area contributed by atoms with Crippen molar-refractivity contribution in [1.82, 2.24) is 10.6 Å². The van der Waals surface area contributed by atoms with Crippen LogP contribution in [0.3, 0.4) is 0 Å². The lowest BCUT2D eigenvalue weighted by Gasteiger charge is -2.19. The zero-order valence-electron chi connectivity index (χ0n) is 10.8. The predicted octanol–water partition coefficient (Wildman–Crippen LogP) is 0.812. The molecular weight excluding hydrogens is 268 g/mol. The summed E-state index contributed by atoms with van der Waals surface area (Å²) >= 11 is 1.58. The topological polar surface area (TPSA) is 98.7 Å². The van der Waals surface area contributed by atoms with Crippen LogP contribution >= 0.6 is 11.3 Å².